The molecule has 2 nitrogen and oxygen atoms in total. The lowest BCUT2D eigenvalue weighted by Crippen LogP contribution is -2.03. The first-order valence-electron chi connectivity index (χ1n) is 4.98. The zero-order valence-electron chi connectivity index (χ0n) is 8.32. The lowest BCUT2D eigenvalue weighted by Gasteiger charge is -2.08. The summed E-state index contributed by atoms with van der Waals surface area (Å²) in [5, 5.41) is 0. The third-order valence-corrected chi connectivity index (χ3v) is 2.82. The molecular weight excluding hydrogens is 176 g/mol. The number of Topliss-reactive ketones (excluding diaryl/α,β-unsaturated/α-hetero) is 1. The quantitative estimate of drug-likeness (QED) is 0.716. The second-order valence-corrected chi connectivity index (χ2v) is 3.68. The Bertz CT molecular complexity index is 327. The van der Waals surface area contributed by atoms with Crippen LogP contribution >= 0.6 is 0 Å². The number of hydrogen-bond donors (Lipinski definition) is 0. The minimum atomic E-state index is 0.140. The predicted octanol–water partition coefficient (Wildman–Crippen LogP) is 2.53. The van der Waals surface area contributed by atoms with E-state index < -0.39 is 0 Å². The van der Waals surface area contributed by atoms with Crippen LogP contribution in [0.2, 0.25) is 0 Å². The number of ketones is 1. The highest BCUT2D eigenvalue weighted by molar-refractivity contribution is 5.87. The zero-order valence-corrected chi connectivity index (χ0v) is 8.32. The number of benzene rings is 1. The SMILES string of the molecule is COc1ccc([C@@H]2CCCC2=O)cc1. The smallest absolute Gasteiger partial charge is 0.140 e. The van der Waals surface area contributed by atoms with Crippen LogP contribution in [0.15, 0.2) is 24.3 Å². The second-order valence-electron chi connectivity index (χ2n) is 3.68. The number of methoxy groups -OCH3 is 1. The van der Waals surface area contributed by atoms with Crippen LogP contribution in [-0.4, -0.2) is 12.9 Å². The van der Waals surface area contributed by atoms with Crippen LogP contribution in [0.1, 0.15) is 30.7 Å². The van der Waals surface area contributed by atoms with E-state index in [1.54, 1.807) is 7.11 Å². The third-order valence-electron chi connectivity index (χ3n) is 2.82. The van der Waals surface area contributed by atoms with E-state index in [-0.39, 0.29) is 5.92 Å². The van der Waals surface area contributed by atoms with Gasteiger partial charge in [0.05, 0.1) is 7.11 Å². The van der Waals surface area contributed by atoms with E-state index in [0.29, 0.717) is 5.78 Å². The molecule has 0 spiro atoms. The minimum Gasteiger partial charge on any atom is -0.497 e. The van der Waals surface area contributed by atoms with Crippen molar-refractivity contribution in [1.82, 2.24) is 0 Å². The maximum Gasteiger partial charge on any atom is 0.140 e. The lowest BCUT2D eigenvalue weighted by molar-refractivity contribution is -0.118. The maximum atomic E-state index is 11.5. The fraction of sp³-hybridized carbons (Fsp3) is 0.417. The molecule has 14 heavy (non-hydrogen) atoms. The maximum absolute atomic E-state index is 11.5. The van der Waals surface area contributed by atoms with Crippen molar-refractivity contribution in [2.24, 2.45) is 0 Å². The predicted molar refractivity (Wildman–Crippen MR) is 54.6 cm³/mol. The first-order valence-corrected chi connectivity index (χ1v) is 4.98. The molecule has 0 radical (unpaired) electrons. The van der Waals surface area contributed by atoms with Crippen molar-refractivity contribution in [1.29, 1.82) is 0 Å². The molecule has 1 atom stereocenters. The van der Waals surface area contributed by atoms with Crippen molar-refractivity contribution < 1.29 is 9.53 Å². The minimum absolute atomic E-state index is 0.140. The van der Waals surface area contributed by atoms with Gasteiger partial charge in [0.25, 0.3) is 0 Å². The Morgan fingerprint density at radius 1 is 1.29 bits per heavy atom. The van der Waals surface area contributed by atoms with Gasteiger partial charge in [-0.25, -0.2) is 0 Å². The van der Waals surface area contributed by atoms with Crippen LogP contribution in [0.25, 0.3) is 0 Å². The van der Waals surface area contributed by atoms with Gasteiger partial charge in [-0.05, 0) is 30.5 Å². The molecular formula is C12H14O2. The Balaban J connectivity index is 2.20. The molecule has 0 saturated heterocycles. The molecule has 1 aromatic carbocycles. The molecule has 0 amide bonds. The first-order chi connectivity index (χ1) is 6.81. The molecule has 0 N–H and O–H groups in total. The third kappa shape index (κ3) is 1.65. The van der Waals surface area contributed by atoms with E-state index in [1.165, 1.54) is 0 Å². The fourth-order valence-electron chi connectivity index (χ4n) is 2.00. The molecule has 1 saturated carbocycles. The molecule has 2 rings (SSSR count). The summed E-state index contributed by atoms with van der Waals surface area (Å²) < 4.78 is 5.07. The summed E-state index contributed by atoms with van der Waals surface area (Å²) in [7, 11) is 1.65. The average Bonchev–Trinajstić information content (AvgIpc) is 2.65. The molecule has 1 aliphatic rings. The topological polar surface area (TPSA) is 26.3 Å². The van der Waals surface area contributed by atoms with Gasteiger partial charge < -0.3 is 4.74 Å². The molecule has 1 aromatic rings. The molecule has 1 aliphatic carbocycles. The van der Waals surface area contributed by atoms with Crippen LogP contribution in [-0.2, 0) is 4.79 Å². The highest BCUT2D eigenvalue weighted by atomic mass is 16.5. The zero-order chi connectivity index (χ0) is 9.97. The molecule has 2 heteroatoms. The van der Waals surface area contributed by atoms with E-state index in [9.17, 15) is 4.79 Å². The van der Waals surface area contributed by atoms with Gasteiger partial charge >= 0.3 is 0 Å². The van der Waals surface area contributed by atoms with Gasteiger partial charge in [-0.3, -0.25) is 4.79 Å². The van der Waals surface area contributed by atoms with Gasteiger partial charge in [0.15, 0.2) is 0 Å². The number of hydrogen-bond acceptors (Lipinski definition) is 2. The Hall–Kier alpha value is -1.31. The summed E-state index contributed by atoms with van der Waals surface area (Å²) in [6.07, 6.45) is 2.79. The van der Waals surface area contributed by atoms with E-state index >= 15 is 0 Å². The number of carbonyl (C=O) groups excluding carboxylic acids is 1. The van der Waals surface area contributed by atoms with E-state index in [4.69, 9.17) is 4.74 Å². The van der Waals surface area contributed by atoms with Gasteiger partial charge in [-0.2, -0.15) is 0 Å². The van der Waals surface area contributed by atoms with Gasteiger partial charge in [0, 0.05) is 12.3 Å². The molecule has 0 bridgehead atoms. The monoisotopic (exact) mass is 190 g/mol. The average molecular weight is 190 g/mol. The van der Waals surface area contributed by atoms with Crippen molar-refractivity contribution in [2.45, 2.75) is 25.2 Å². The van der Waals surface area contributed by atoms with E-state index in [2.05, 4.69) is 0 Å². The van der Waals surface area contributed by atoms with Crippen molar-refractivity contribution >= 4 is 5.78 Å². The van der Waals surface area contributed by atoms with Crippen molar-refractivity contribution in [3.05, 3.63) is 29.8 Å². The van der Waals surface area contributed by atoms with E-state index in [1.807, 2.05) is 24.3 Å². The normalized spacial score (nSPS) is 21.2. The molecule has 0 aromatic heterocycles. The van der Waals surface area contributed by atoms with Crippen LogP contribution < -0.4 is 4.74 Å². The Morgan fingerprint density at radius 2 is 2.00 bits per heavy atom. The van der Waals surface area contributed by atoms with Crippen LogP contribution in [0.3, 0.4) is 0 Å². The molecule has 0 aliphatic heterocycles. The Morgan fingerprint density at radius 3 is 2.50 bits per heavy atom. The summed E-state index contributed by atoms with van der Waals surface area (Å²) in [4.78, 5) is 11.5. The number of ether oxygens (including phenoxy) is 1. The van der Waals surface area contributed by atoms with Gasteiger partial charge in [0.1, 0.15) is 11.5 Å². The van der Waals surface area contributed by atoms with Gasteiger partial charge in [-0.15, -0.1) is 0 Å². The Kier molecular flexibility index (Phi) is 2.53. The summed E-state index contributed by atoms with van der Waals surface area (Å²) in [6.45, 7) is 0. The number of rotatable bonds is 2. The van der Waals surface area contributed by atoms with Crippen molar-refractivity contribution in [3.8, 4) is 5.75 Å². The fourth-order valence-corrected chi connectivity index (χ4v) is 2.00. The second kappa shape index (κ2) is 3.82. The first kappa shape index (κ1) is 9.25. The molecule has 74 valence electrons. The summed E-state index contributed by atoms with van der Waals surface area (Å²) >= 11 is 0. The lowest BCUT2D eigenvalue weighted by atomic mass is 9.97. The van der Waals surface area contributed by atoms with Gasteiger partial charge in [0.2, 0.25) is 0 Å². The highest BCUT2D eigenvalue weighted by Crippen LogP contribution is 2.31. The number of carbonyl (C=O) groups is 1. The van der Waals surface area contributed by atoms with Crippen molar-refractivity contribution in [3.63, 3.8) is 0 Å². The molecule has 1 fully saturated rings. The summed E-state index contributed by atoms with van der Waals surface area (Å²) in [5.74, 6) is 1.37. The summed E-state index contributed by atoms with van der Waals surface area (Å²) in [5.41, 5.74) is 1.13. The summed E-state index contributed by atoms with van der Waals surface area (Å²) in [6, 6.07) is 7.82. The van der Waals surface area contributed by atoms with Crippen LogP contribution in [0.5, 0.6) is 5.75 Å². The van der Waals surface area contributed by atoms with E-state index in [0.717, 1.165) is 30.6 Å². The largest absolute Gasteiger partial charge is 0.497 e. The highest BCUT2D eigenvalue weighted by Gasteiger charge is 2.25. The Labute approximate surface area is 83.9 Å². The standard InChI is InChI=1S/C12H14O2/c1-14-10-7-5-9(6-8-10)11-3-2-4-12(11)13/h5-8,11H,2-4H2,1H3/t11-/m0/s1. The van der Waals surface area contributed by atoms with Gasteiger partial charge in [-0.1, -0.05) is 12.1 Å². The molecule has 0 unspecified atom stereocenters. The van der Waals surface area contributed by atoms with Crippen molar-refractivity contribution in [2.75, 3.05) is 7.11 Å². The molecule has 0 heterocycles. The van der Waals surface area contributed by atoms with Crippen LogP contribution in [0, 0.1) is 0 Å². The van der Waals surface area contributed by atoms with Crippen LogP contribution in [0.4, 0.5) is 0 Å².